The summed E-state index contributed by atoms with van der Waals surface area (Å²) in [7, 11) is 0. The van der Waals surface area contributed by atoms with Crippen molar-refractivity contribution in [3.05, 3.63) is 112 Å². The number of hydrogen-bond acceptors (Lipinski definition) is 5. The van der Waals surface area contributed by atoms with Crippen LogP contribution in [0.15, 0.2) is 94.1 Å². The molecule has 0 unspecified atom stereocenters. The summed E-state index contributed by atoms with van der Waals surface area (Å²) in [5.74, 6) is -1.47. The highest BCUT2D eigenvalue weighted by atomic mass is 16.5. The van der Waals surface area contributed by atoms with Crippen LogP contribution in [-0.4, -0.2) is 11.9 Å². The summed E-state index contributed by atoms with van der Waals surface area (Å²) in [4.78, 5) is 38.1. The lowest BCUT2D eigenvalue weighted by molar-refractivity contribution is -0.125. The van der Waals surface area contributed by atoms with Gasteiger partial charge in [-0.25, -0.2) is 9.59 Å². The lowest BCUT2D eigenvalue weighted by Gasteiger charge is -2.18. The van der Waals surface area contributed by atoms with Gasteiger partial charge in [0.1, 0.15) is 11.1 Å². The van der Waals surface area contributed by atoms with Crippen LogP contribution in [0.3, 0.4) is 0 Å². The van der Waals surface area contributed by atoms with Crippen molar-refractivity contribution < 1.29 is 18.7 Å². The summed E-state index contributed by atoms with van der Waals surface area (Å²) in [5, 5.41) is 3.33. The molecule has 4 aromatic rings. The van der Waals surface area contributed by atoms with Crippen LogP contribution in [0.25, 0.3) is 11.0 Å². The van der Waals surface area contributed by atoms with E-state index in [0.29, 0.717) is 22.2 Å². The Hall–Kier alpha value is -4.19. The van der Waals surface area contributed by atoms with Gasteiger partial charge in [0.05, 0.1) is 0 Å². The average molecular weight is 413 g/mol. The van der Waals surface area contributed by atoms with Crippen LogP contribution in [0.4, 0.5) is 5.69 Å². The number of ether oxygens (including phenoxy) is 1. The fourth-order valence-electron chi connectivity index (χ4n) is 3.12. The SMILES string of the molecule is Cc1ccc(NC(=O)[C@@H](OC(=O)c2cc3ccccc3oc2=O)c2ccccc2)cc1. The highest BCUT2D eigenvalue weighted by Crippen LogP contribution is 2.22. The van der Waals surface area contributed by atoms with Crippen molar-refractivity contribution >= 4 is 28.5 Å². The minimum absolute atomic E-state index is 0.275. The number of esters is 1. The number of amides is 1. The number of nitrogens with one attached hydrogen (secondary N) is 1. The van der Waals surface area contributed by atoms with Crippen molar-refractivity contribution in [2.75, 3.05) is 5.32 Å². The molecule has 0 bridgehead atoms. The molecule has 1 atom stereocenters. The Morgan fingerprint density at radius 3 is 2.32 bits per heavy atom. The summed E-state index contributed by atoms with van der Waals surface area (Å²) >= 11 is 0. The molecule has 0 aliphatic heterocycles. The van der Waals surface area contributed by atoms with E-state index in [1.54, 1.807) is 66.7 Å². The monoisotopic (exact) mass is 413 g/mol. The van der Waals surface area contributed by atoms with Gasteiger partial charge in [0, 0.05) is 16.6 Å². The van der Waals surface area contributed by atoms with E-state index in [1.807, 2.05) is 19.1 Å². The third kappa shape index (κ3) is 4.53. The molecule has 0 saturated carbocycles. The third-order valence-corrected chi connectivity index (χ3v) is 4.75. The summed E-state index contributed by atoms with van der Waals surface area (Å²) < 4.78 is 10.7. The zero-order valence-corrected chi connectivity index (χ0v) is 16.7. The number of carbonyl (C=O) groups is 2. The average Bonchev–Trinajstić information content (AvgIpc) is 2.79. The summed E-state index contributed by atoms with van der Waals surface area (Å²) in [6.07, 6.45) is -1.25. The first-order valence-corrected chi connectivity index (χ1v) is 9.67. The van der Waals surface area contributed by atoms with Gasteiger partial charge in [-0.05, 0) is 31.2 Å². The maximum absolute atomic E-state index is 13.0. The van der Waals surface area contributed by atoms with Gasteiger partial charge >= 0.3 is 11.6 Å². The first-order chi connectivity index (χ1) is 15.0. The van der Waals surface area contributed by atoms with E-state index in [9.17, 15) is 14.4 Å². The molecule has 154 valence electrons. The number of anilines is 1. The minimum atomic E-state index is -1.25. The second kappa shape index (κ2) is 8.67. The Balaban J connectivity index is 1.64. The van der Waals surface area contributed by atoms with Crippen LogP contribution < -0.4 is 10.9 Å². The van der Waals surface area contributed by atoms with Crippen LogP contribution in [0.1, 0.15) is 27.6 Å². The molecule has 0 aliphatic carbocycles. The molecule has 6 nitrogen and oxygen atoms in total. The van der Waals surface area contributed by atoms with Gasteiger partial charge in [0.15, 0.2) is 0 Å². The lowest BCUT2D eigenvalue weighted by atomic mass is 10.1. The first-order valence-electron chi connectivity index (χ1n) is 9.67. The normalized spacial score (nSPS) is 11.6. The van der Waals surface area contributed by atoms with Gasteiger partial charge in [0.2, 0.25) is 6.10 Å². The molecule has 1 N–H and O–H groups in total. The third-order valence-electron chi connectivity index (χ3n) is 4.75. The topological polar surface area (TPSA) is 85.6 Å². The Kier molecular flexibility index (Phi) is 5.62. The number of carbonyl (C=O) groups excluding carboxylic acids is 2. The molecule has 0 radical (unpaired) electrons. The number of rotatable bonds is 5. The van der Waals surface area contributed by atoms with Crippen LogP contribution in [0, 0.1) is 6.92 Å². The van der Waals surface area contributed by atoms with E-state index in [2.05, 4.69) is 5.32 Å². The fraction of sp³-hybridized carbons (Fsp3) is 0.0800. The minimum Gasteiger partial charge on any atom is -0.443 e. The summed E-state index contributed by atoms with van der Waals surface area (Å²) in [6, 6.07) is 24.1. The van der Waals surface area contributed by atoms with E-state index in [-0.39, 0.29) is 5.56 Å². The van der Waals surface area contributed by atoms with Crippen molar-refractivity contribution in [1.29, 1.82) is 0 Å². The van der Waals surface area contributed by atoms with E-state index in [4.69, 9.17) is 9.15 Å². The van der Waals surface area contributed by atoms with E-state index in [0.717, 1.165) is 5.56 Å². The van der Waals surface area contributed by atoms with Crippen LogP contribution in [0.5, 0.6) is 0 Å². The molecule has 6 heteroatoms. The summed E-state index contributed by atoms with van der Waals surface area (Å²) in [5.41, 5.74) is 1.36. The van der Waals surface area contributed by atoms with Crippen LogP contribution in [-0.2, 0) is 9.53 Å². The molecule has 1 aromatic heterocycles. The van der Waals surface area contributed by atoms with E-state index >= 15 is 0 Å². The molecular weight excluding hydrogens is 394 g/mol. The highest BCUT2D eigenvalue weighted by molar-refractivity contribution is 5.99. The number of hydrogen-bond donors (Lipinski definition) is 1. The van der Waals surface area contributed by atoms with Crippen LogP contribution in [0.2, 0.25) is 0 Å². The van der Waals surface area contributed by atoms with Gasteiger partial charge in [-0.15, -0.1) is 0 Å². The van der Waals surface area contributed by atoms with Gasteiger partial charge in [-0.2, -0.15) is 0 Å². The molecular formula is C25H19NO5. The first kappa shape index (κ1) is 20.1. The highest BCUT2D eigenvalue weighted by Gasteiger charge is 2.27. The fourth-order valence-corrected chi connectivity index (χ4v) is 3.12. The van der Waals surface area contributed by atoms with E-state index < -0.39 is 23.6 Å². The van der Waals surface area contributed by atoms with E-state index in [1.165, 1.54) is 6.07 Å². The summed E-state index contributed by atoms with van der Waals surface area (Å²) in [6.45, 7) is 1.94. The Morgan fingerprint density at radius 2 is 1.58 bits per heavy atom. The molecule has 0 aliphatic rings. The molecule has 3 aromatic carbocycles. The smallest absolute Gasteiger partial charge is 0.351 e. The predicted octanol–water partition coefficient (Wildman–Crippen LogP) is 4.64. The molecule has 0 fully saturated rings. The predicted molar refractivity (Wildman–Crippen MR) is 117 cm³/mol. The van der Waals surface area contributed by atoms with Crippen molar-refractivity contribution in [3.8, 4) is 0 Å². The largest absolute Gasteiger partial charge is 0.443 e. The lowest BCUT2D eigenvalue weighted by Crippen LogP contribution is -2.27. The standard InChI is InChI=1S/C25H19NO5/c1-16-11-13-19(14-12-16)26-23(27)22(17-7-3-2-4-8-17)31-25(29)20-15-18-9-5-6-10-21(18)30-24(20)28/h2-15,22H,1H3,(H,26,27)/t22-/m0/s1. The molecule has 0 spiro atoms. The quantitative estimate of drug-likeness (QED) is 0.381. The Bertz CT molecular complexity index is 1290. The van der Waals surface area contributed by atoms with Gasteiger partial charge in [-0.3, -0.25) is 4.79 Å². The Morgan fingerprint density at radius 1 is 0.903 bits per heavy atom. The molecule has 1 heterocycles. The number of aryl methyl sites for hydroxylation is 1. The molecule has 4 rings (SSSR count). The molecule has 31 heavy (non-hydrogen) atoms. The van der Waals surface area contributed by atoms with Gasteiger partial charge in [0.25, 0.3) is 5.91 Å². The molecule has 0 saturated heterocycles. The maximum atomic E-state index is 13.0. The molecule has 1 amide bonds. The van der Waals surface area contributed by atoms with Crippen molar-refractivity contribution in [2.45, 2.75) is 13.0 Å². The van der Waals surface area contributed by atoms with Crippen molar-refractivity contribution in [1.82, 2.24) is 0 Å². The number of benzene rings is 3. The zero-order valence-electron chi connectivity index (χ0n) is 16.7. The van der Waals surface area contributed by atoms with Crippen LogP contribution >= 0.6 is 0 Å². The van der Waals surface area contributed by atoms with Gasteiger partial charge in [-0.1, -0.05) is 66.2 Å². The van der Waals surface area contributed by atoms with Crippen molar-refractivity contribution in [2.24, 2.45) is 0 Å². The zero-order chi connectivity index (χ0) is 21.8. The number of fused-ring (bicyclic) bond motifs is 1. The second-order valence-electron chi connectivity index (χ2n) is 7.04. The number of para-hydroxylation sites is 1. The Labute approximate surface area is 178 Å². The maximum Gasteiger partial charge on any atom is 0.351 e. The van der Waals surface area contributed by atoms with Gasteiger partial charge < -0.3 is 14.5 Å². The van der Waals surface area contributed by atoms with Crippen molar-refractivity contribution in [3.63, 3.8) is 0 Å². The second-order valence-corrected chi connectivity index (χ2v) is 7.04.